The van der Waals surface area contributed by atoms with E-state index < -0.39 is 0 Å². The third-order valence-electron chi connectivity index (χ3n) is 8.18. The van der Waals surface area contributed by atoms with Crippen LogP contribution < -0.4 is 4.90 Å². The van der Waals surface area contributed by atoms with Crippen molar-refractivity contribution in [3.05, 3.63) is 170 Å². The first kappa shape index (κ1) is 24.2. The third-order valence-corrected chi connectivity index (χ3v) is 8.18. The highest BCUT2D eigenvalue weighted by atomic mass is 15.1. The number of hydrogen-bond acceptors (Lipinski definition) is 1. The van der Waals surface area contributed by atoms with E-state index in [1.54, 1.807) is 0 Å². The van der Waals surface area contributed by atoms with Gasteiger partial charge in [-0.1, -0.05) is 109 Å². The minimum absolute atomic E-state index is 1.11. The second kappa shape index (κ2) is 10.1. The van der Waals surface area contributed by atoms with Crippen molar-refractivity contribution in [2.24, 2.45) is 0 Å². The van der Waals surface area contributed by atoms with Crippen LogP contribution >= 0.6 is 0 Å². The van der Waals surface area contributed by atoms with Crippen molar-refractivity contribution in [3.63, 3.8) is 0 Å². The maximum atomic E-state index is 2.39. The monoisotopic (exact) mass is 536 g/mol. The molecule has 0 aliphatic rings. The second-order valence-electron chi connectivity index (χ2n) is 10.6. The molecule has 0 N–H and O–H groups in total. The summed E-state index contributed by atoms with van der Waals surface area (Å²) in [5.41, 5.74) is 9.38. The Morgan fingerprint density at radius 3 is 1.64 bits per heavy atom. The molecule has 0 bridgehead atoms. The molecule has 0 radical (unpaired) electrons. The molecular formula is C40H28N2. The average Bonchev–Trinajstić information content (AvgIpc) is 3.41. The van der Waals surface area contributed by atoms with Crippen molar-refractivity contribution < 1.29 is 0 Å². The Morgan fingerprint density at radius 2 is 0.905 bits per heavy atom. The molecule has 1 aromatic heterocycles. The highest BCUT2D eigenvalue weighted by molar-refractivity contribution is 6.21. The Labute approximate surface area is 245 Å². The Morgan fingerprint density at radius 1 is 0.357 bits per heavy atom. The molecule has 7 aromatic carbocycles. The van der Waals surface area contributed by atoms with Crippen LogP contribution in [0.25, 0.3) is 49.4 Å². The van der Waals surface area contributed by atoms with Gasteiger partial charge < -0.3 is 9.47 Å². The maximum absolute atomic E-state index is 2.39. The summed E-state index contributed by atoms with van der Waals surface area (Å²) in [7, 11) is 0. The fourth-order valence-corrected chi connectivity index (χ4v) is 6.23. The summed E-state index contributed by atoms with van der Waals surface area (Å²) in [5.74, 6) is 0. The minimum atomic E-state index is 1.11. The number of fused-ring (bicyclic) bond motifs is 5. The van der Waals surface area contributed by atoms with Gasteiger partial charge in [-0.05, 0) is 82.6 Å². The summed E-state index contributed by atoms with van der Waals surface area (Å²) in [4.78, 5) is 2.32. The molecule has 2 heteroatoms. The van der Waals surface area contributed by atoms with E-state index in [1.807, 2.05) is 0 Å². The number of para-hydroxylation sites is 2. The number of nitrogens with zero attached hydrogens (tertiary/aromatic N) is 2. The number of anilines is 3. The molecule has 0 amide bonds. The molecule has 0 saturated heterocycles. The van der Waals surface area contributed by atoms with Gasteiger partial charge in [-0.3, -0.25) is 0 Å². The van der Waals surface area contributed by atoms with Gasteiger partial charge in [-0.15, -0.1) is 0 Å². The van der Waals surface area contributed by atoms with E-state index in [2.05, 4.69) is 179 Å². The first-order chi connectivity index (χ1) is 20.8. The molecule has 0 unspecified atom stereocenters. The predicted molar refractivity (Wildman–Crippen MR) is 178 cm³/mol. The van der Waals surface area contributed by atoms with Gasteiger partial charge in [0.1, 0.15) is 0 Å². The summed E-state index contributed by atoms with van der Waals surface area (Å²) in [6, 6.07) is 60.8. The smallest absolute Gasteiger partial charge is 0.0547 e. The van der Waals surface area contributed by atoms with E-state index in [1.165, 1.54) is 43.7 Å². The molecule has 1 heterocycles. The van der Waals surface area contributed by atoms with E-state index in [4.69, 9.17) is 0 Å². The topological polar surface area (TPSA) is 8.17 Å². The van der Waals surface area contributed by atoms with Gasteiger partial charge >= 0.3 is 0 Å². The van der Waals surface area contributed by atoms with Gasteiger partial charge in [0.15, 0.2) is 0 Å². The molecule has 42 heavy (non-hydrogen) atoms. The quantitative estimate of drug-likeness (QED) is 0.212. The first-order valence-corrected chi connectivity index (χ1v) is 14.4. The van der Waals surface area contributed by atoms with Crippen molar-refractivity contribution in [1.29, 1.82) is 0 Å². The zero-order valence-electron chi connectivity index (χ0n) is 23.1. The lowest BCUT2D eigenvalue weighted by molar-refractivity contribution is 1.17. The number of aromatic nitrogens is 1. The molecular weight excluding hydrogens is 508 g/mol. The standard InChI is InChI=1S/C40H28N2/c1-3-11-29(12-4-1)30-19-22-33(23-20-30)41(32-14-5-2-6-15-32)34-24-26-35(27-25-34)42-38-18-10-9-17-37(38)40-36-16-8-7-13-31(36)21-28-39(40)42/h1-28H. The van der Waals surface area contributed by atoms with Gasteiger partial charge in [-0.2, -0.15) is 0 Å². The lowest BCUT2D eigenvalue weighted by atomic mass is 10.0. The van der Waals surface area contributed by atoms with Crippen molar-refractivity contribution in [2.45, 2.75) is 0 Å². The molecule has 198 valence electrons. The summed E-state index contributed by atoms with van der Waals surface area (Å²) < 4.78 is 2.39. The SMILES string of the molecule is c1ccc(-c2ccc(N(c3ccccc3)c3ccc(-n4c5ccccc5c5c6ccccc6ccc54)cc3)cc2)cc1. The van der Waals surface area contributed by atoms with Gasteiger partial charge in [0.25, 0.3) is 0 Å². The molecule has 0 aliphatic carbocycles. The molecule has 2 nitrogen and oxygen atoms in total. The number of hydrogen-bond donors (Lipinski definition) is 0. The van der Waals surface area contributed by atoms with Crippen molar-refractivity contribution in [2.75, 3.05) is 4.90 Å². The van der Waals surface area contributed by atoms with Gasteiger partial charge in [0.05, 0.1) is 11.0 Å². The van der Waals surface area contributed by atoms with E-state index in [9.17, 15) is 0 Å². The zero-order valence-corrected chi connectivity index (χ0v) is 23.1. The van der Waals surface area contributed by atoms with E-state index in [-0.39, 0.29) is 0 Å². The normalized spacial score (nSPS) is 11.3. The van der Waals surface area contributed by atoms with Crippen LogP contribution in [-0.2, 0) is 0 Å². The van der Waals surface area contributed by atoms with Crippen LogP contribution in [0.5, 0.6) is 0 Å². The van der Waals surface area contributed by atoms with Crippen LogP contribution in [0.1, 0.15) is 0 Å². The molecule has 0 atom stereocenters. The summed E-state index contributed by atoms with van der Waals surface area (Å²) in [6.45, 7) is 0. The largest absolute Gasteiger partial charge is 0.311 e. The lowest BCUT2D eigenvalue weighted by Crippen LogP contribution is -2.10. The fraction of sp³-hybridized carbons (Fsp3) is 0. The summed E-state index contributed by atoms with van der Waals surface area (Å²) in [5, 5.41) is 5.13. The summed E-state index contributed by atoms with van der Waals surface area (Å²) >= 11 is 0. The first-order valence-electron chi connectivity index (χ1n) is 14.4. The van der Waals surface area contributed by atoms with Crippen molar-refractivity contribution in [1.82, 2.24) is 4.57 Å². The van der Waals surface area contributed by atoms with Crippen molar-refractivity contribution in [3.8, 4) is 16.8 Å². The Hall–Kier alpha value is -5.60. The average molecular weight is 537 g/mol. The Kier molecular flexibility index (Phi) is 5.82. The Balaban J connectivity index is 1.25. The van der Waals surface area contributed by atoms with E-state index in [0.29, 0.717) is 0 Å². The third kappa shape index (κ3) is 4.05. The van der Waals surface area contributed by atoms with Crippen LogP contribution in [-0.4, -0.2) is 4.57 Å². The zero-order chi connectivity index (χ0) is 27.9. The van der Waals surface area contributed by atoms with Crippen LogP contribution in [0, 0.1) is 0 Å². The van der Waals surface area contributed by atoms with Crippen molar-refractivity contribution >= 4 is 49.6 Å². The highest BCUT2D eigenvalue weighted by Gasteiger charge is 2.16. The molecule has 0 aliphatic heterocycles. The molecule has 8 aromatic rings. The van der Waals surface area contributed by atoms with Crippen LogP contribution in [0.4, 0.5) is 17.1 Å². The number of benzene rings is 7. The van der Waals surface area contributed by atoms with Gasteiger partial charge in [0.2, 0.25) is 0 Å². The highest BCUT2D eigenvalue weighted by Crippen LogP contribution is 2.39. The minimum Gasteiger partial charge on any atom is -0.311 e. The Bertz CT molecular complexity index is 2160. The van der Waals surface area contributed by atoms with Crippen LogP contribution in [0.2, 0.25) is 0 Å². The van der Waals surface area contributed by atoms with Crippen LogP contribution in [0.3, 0.4) is 0 Å². The second-order valence-corrected chi connectivity index (χ2v) is 10.6. The summed E-state index contributed by atoms with van der Waals surface area (Å²) in [6.07, 6.45) is 0. The maximum Gasteiger partial charge on any atom is 0.0547 e. The van der Waals surface area contributed by atoms with Crippen LogP contribution in [0.15, 0.2) is 170 Å². The lowest BCUT2D eigenvalue weighted by Gasteiger charge is -2.26. The molecule has 0 saturated carbocycles. The van der Waals surface area contributed by atoms with E-state index in [0.717, 1.165) is 22.7 Å². The predicted octanol–water partition coefficient (Wildman–Crippen LogP) is 11.1. The van der Waals surface area contributed by atoms with Gasteiger partial charge in [-0.25, -0.2) is 0 Å². The molecule has 0 spiro atoms. The van der Waals surface area contributed by atoms with E-state index >= 15 is 0 Å². The number of rotatable bonds is 5. The fourth-order valence-electron chi connectivity index (χ4n) is 6.23. The molecule has 8 rings (SSSR count). The van der Waals surface area contributed by atoms with Gasteiger partial charge in [0, 0.05) is 33.5 Å². The molecule has 0 fully saturated rings.